The summed E-state index contributed by atoms with van der Waals surface area (Å²) in [7, 11) is 1.68. The number of rotatable bonds is 10. The Bertz CT molecular complexity index is 437. The van der Waals surface area contributed by atoms with Gasteiger partial charge in [-0.1, -0.05) is 13.0 Å². The Morgan fingerprint density at radius 3 is 2.86 bits per heavy atom. The lowest BCUT2D eigenvalue weighted by Crippen LogP contribution is -2.30. The highest BCUT2D eigenvalue weighted by Gasteiger charge is 2.15. The van der Waals surface area contributed by atoms with Crippen LogP contribution in [0.1, 0.15) is 31.9 Å². The van der Waals surface area contributed by atoms with Crippen LogP contribution in [0.4, 0.5) is 10.1 Å². The van der Waals surface area contributed by atoms with E-state index in [9.17, 15) is 4.39 Å². The van der Waals surface area contributed by atoms with Crippen molar-refractivity contribution in [2.45, 2.75) is 26.3 Å². The summed E-state index contributed by atoms with van der Waals surface area (Å²) in [4.78, 5) is 2.16. The van der Waals surface area contributed by atoms with E-state index < -0.39 is 0 Å². The first-order valence-electron chi connectivity index (χ1n) is 7.51. The molecule has 1 unspecified atom stereocenters. The Morgan fingerprint density at radius 1 is 1.48 bits per heavy atom. The van der Waals surface area contributed by atoms with Crippen molar-refractivity contribution in [3.05, 3.63) is 42.2 Å². The van der Waals surface area contributed by atoms with E-state index in [1.54, 1.807) is 13.2 Å². The molecule has 118 valence electrons. The molecule has 0 aliphatic rings. The zero-order valence-electron chi connectivity index (χ0n) is 13.4. The number of hydrogen-bond acceptors (Lipinski definition) is 3. The quantitative estimate of drug-likeness (QED) is 0.668. The minimum absolute atomic E-state index is 0.102. The molecule has 0 saturated heterocycles. The second kappa shape index (κ2) is 9.53. The molecule has 0 radical (unpaired) electrons. The van der Waals surface area contributed by atoms with E-state index in [-0.39, 0.29) is 11.9 Å². The molecule has 1 N–H and O–H groups in total. The van der Waals surface area contributed by atoms with Crippen molar-refractivity contribution in [1.82, 2.24) is 5.32 Å². The summed E-state index contributed by atoms with van der Waals surface area (Å²) in [6, 6.07) is 5.07. The number of ether oxygens (including phenoxy) is 1. The molecule has 0 saturated carbocycles. The lowest BCUT2D eigenvalue weighted by molar-refractivity contribution is 0.205. The predicted molar refractivity (Wildman–Crippen MR) is 87.4 cm³/mol. The zero-order valence-corrected chi connectivity index (χ0v) is 13.4. The monoisotopic (exact) mass is 294 g/mol. The highest BCUT2D eigenvalue weighted by molar-refractivity contribution is 5.55. The first-order chi connectivity index (χ1) is 10.1. The number of anilines is 1. The molecule has 0 heterocycles. The van der Waals surface area contributed by atoms with Gasteiger partial charge in [-0.25, -0.2) is 4.39 Å². The molecule has 1 rings (SSSR count). The molecule has 0 bridgehead atoms. The second-order valence-corrected chi connectivity index (χ2v) is 5.11. The van der Waals surface area contributed by atoms with Crippen LogP contribution in [0.2, 0.25) is 0 Å². The fraction of sp³-hybridized carbons (Fsp3) is 0.529. The first-order valence-corrected chi connectivity index (χ1v) is 7.51. The van der Waals surface area contributed by atoms with Gasteiger partial charge in [0.15, 0.2) is 0 Å². The van der Waals surface area contributed by atoms with E-state index in [0.29, 0.717) is 13.2 Å². The van der Waals surface area contributed by atoms with Gasteiger partial charge in [-0.3, -0.25) is 0 Å². The standard InChI is InChI=1S/C17H27FN2O/c1-5-9-19-14(3)16-13-15(18)7-8-17(16)20(10-6-2)11-12-21-4/h6-8,13-14,19H,2,5,9-12H2,1,3-4H3. The summed E-state index contributed by atoms with van der Waals surface area (Å²) in [6.07, 6.45) is 2.90. The molecule has 0 amide bonds. The number of nitrogens with zero attached hydrogens (tertiary/aromatic N) is 1. The third-order valence-electron chi connectivity index (χ3n) is 3.41. The van der Waals surface area contributed by atoms with E-state index in [0.717, 1.165) is 30.8 Å². The Hall–Kier alpha value is -1.39. The molecule has 1 aromatic carbocycles. The van der Waals surface area contributed by atoms with E-state index in [1.165, 1.54) is 6.07 Å². The highest BCUT2D eigenvalue weighted by Crippen LogP contribution is 2.27. The van der Waals surface area contributed by atoms with Gasteiger partial charge in [-0.2, -0.15) is 0 Å². The largest absolute Gasteiger partial charge is 0.383 e. The Labute approximate surface area is 127 Å². The van der Waals surface area contributed by atoms with Crippen LogP contribution in [-0.2, 0) is 4.74 Å². The van der Waals surface area contributed by atoms with E-state index >= 15 is 0 Å². The maximum atomic E-state index is 13.6. The van der Waals surface area contributed by atoms with Gasteiger partial charge in [-0.15, -0.1) is 6.58 Å². The minimum Gasteiger partial charge on any atom is -0.383 e. The molecule has 0 aromatic heterocycles. The average molecular weight is 294 g/mol. The number of hydrogen-bond donors (Lipinski definition) is 1. The molecular formula is C17H27FN2O. The van der Waals surface area contributed by atoms with Gasteiger partial charge in [0.2, 0.25) is 0 Å². The minimum atomic E-state index is -0.204. The summed E-state index contributed by atoms with van der Waals surface area (Å²) in [6.45, 7) is 11.0. The van der Waals surface area contributed by atoms with Crippen LogP contribution >= 0.6 is 0 Å². The summed E-state index contributed by atoms with van der Waals surface area (Å²) < 4.78 is 18.8. The molecule has 4 heteroatoms. The van der Waals surface area contributed by atoms with Gasteiger partial charge in [0.1, 0.15) is 5.82 Å². The van der Waals surface area contributed by atoms with E-state index in [1.807, 2.05) is 12.1 Å². The van der Waals surface area contributed by atoms with Crippen molar-refractivity contribution < 1.29 is 9.13 Å². The molecule has 1 atom stereocenters. The van der Waals surface area contributed by atoms with Crippen LogP contribution in [-0.4, -0.2) is 33.4 Å². The summed E-state index contributed by atoms with van der Waals surface area (Å²) in [5.74, 6) is -0.204. The predicted octanol–water partition coefficient (Wildman–Crippen LogP) is 3.53. The molecule has 0 aliphatic heterocycles. The number of methoxy groups -OCH3 is 1. The van der Waals surface area contributed by atoms with Crippen molar-refractivity contribution in [3.8, 4) is 0 Å². The van der Waals surface area contributed by atoms with Gasteiger partial charge in [0.05, 0.1) is 6.61 Å². The van der Waals surface area contributed by atoms with Crippen LogP contribution in [0.15, 0.2) is 30.9 Å². The van der Waals surface area contributed by atoms with Crippen LogP contribution in [0.5, 0.6) is 0 Å². The van der Waals surface area contributed by atoms with Crippen LogP contribution in [0.25, 0.3) is 0 Å². The van der Waals surface area contributed by atoms with E-state index in [2.05, 4.69) is 30.6 Å². The summed E-state index contributed by atoms with van der Waals surface area (Å²) in [5, 5.41) is 3.42. The number of nitrogens with one attached hydrogen (secondary N) is 1. The first kappa shape index (κ1) is 17.7. The van der Waals surface area contributed by atoms with Crippen molar-refractivity contribution in [1.29, 1.82) is 0 Å². The Balaban J connectivity index is 3.03. The third-order valence-corrected chi connectivity index (χ3v) is 3.41. The van der Waals surface area contributed by atoms with Gasteiger partial charge in [0.25, 0.3) is 0 Å². The normalized spacial score (nSPS) is 12.2. The van der Waals surface area contributed by atoms with E-state index in [4.69, 9.17) is 4.74 Å². The van der Waals surface area contributed by atoms with Crippen molar-refractivity contribution in [2.24, 2.45) is 0 Å². The van der Waals surface area contributed by atoms with Gasteiger partial charge < -0.3 is 15.0 Å². The maximum Gasteiger partial charge on any atom is 0.123 e. The van der Waals surface area contributed by atoms with Gasteiger partial charge >= 0.3 is 0 Å². The molecule has 0 spiro atoms. The molecule has 0 fully saturated rings. The fourth-order valence-corrected chi connectivity index (χ4v) is 2.30. The Morgan fingerprint density at radius 2 is 2.24 bits per heavy atom. The van der Waals surface area contributed by atoms with Gasteiger partial charge in [0, 0.05) is 31.9 Å². The maximum absolute atomic E-state index is 13.6. The van der Waals surface area contributed by atoms with Crippen LogP contribution in [0.3, 0.4) is 0 Å². The summed E-state index contributed by atoms with van der Waals surface area (Å²) in [5.41, 5.74) is 2.01. The van der Waals surface area contributed by atoms with Crippen molar-refractivity contribution in [3.63, 3.8) is 0 Å². The number of benzene rings is 1. The average Bonchev–Trinajstić information content (AvgIpc) is 2.49. The third kappa shape index (κ3) is 5.48. The van der Waals surface area contributed by atoms with Crippen molar-refractivity contribution in [2.75, 3.05) is 38.3 Å². The molecule has 0 aliphatic carbocycles. The lowest BCUT2D eigenvalue weighted by atomic mass is 10.0. The highest BCUT2D eigenvalue weighted by atomic mass is 19.1. The molecule has 21 heavy (non-hydrogen) atoms. The topological polar surface area (TPSA) is 24.5 Å². The Kier molecular flexibility index (Phi) is 8.01. The van der Waals surface area contributed by atoms with Crippen LogP contribution in [0, 0.1) is 5.82 Å². The fourth-order valence-electron chi connectivity index (χ4n) is 2.30. The lowest BCUT2D eigenvalue weighted by Gasteiger charge is -2.28. The molecule has 1 aromatic rings. The SMILES string of the molecule is C=CCN(CCOC)c1ccc(F)cc1C(C)NCCC. The van der Waals surface area contributed by atoms with Gasteiger partial charge in [-0.05, 0) is 43.7 Å². The molecular weight excluding hydrogens is 267 g/mol. The molecule has 3 nitrogen and oxygen atoms in total. The van der Waals surface area contributed by atoms with Crippen LogP contribution < -0.4 is 10.2 Å². The van der Waals surface area contributed by atoms with Crippen molar-refractivity contribution >= 4 is 5.69 Å². The second-order valence-electron chi connectivity index (χ2n) is 5.11. The smallest absolute Gasteiger partial charge is 0.123 e. The summed E-state index contributed by atoms with van der Waals surface area (Å²) >= 11 is 0. The zero-order chi connectivity index (χ0) is 15.7. The number of halogens is 1.